The first kappa shape index (κ1) is 12.5. The second-order valence-electron chi connectivity index (χ2n) is 4.41. The molecule has 0 N–H and O–H groups in total. The Kier molecular flexibility index (Phi) is 5.09. The number of carbonyl (C=O) groups is 1. The molecule has 2 atom stereocenters. The first-order valence-corrected chi connectivity index (χ1v) is 6.04. The predicted molar refractivity (Wildman–Crippen MR) is 60.7 cm³/mol. The van der Waals surface area contributed by atoms with Crippen molar-refractivity contribution in [1.82, 2.24) is 4.90 Å². The Morgan fingerprint density at radius 1 is 1.53 bits per heavy atom. The molecule has 2 unspecified atom stereocenters. The summed E-state index contributed by atoms with van der Waals surface area (Å²) in [5, 5.41) is 0. The van der Waals surface area contributed by atoms with Crippen LogP contribution in [0.4, 0.5) is 0 Å². The zero-order valence-corrected chi connectivity index (χ0v) is 10.2. The molecule has 15 heavy (non-hydrogen) atoms. The average Bonchev–Trinajstić information content (AvgIpc) is 2.16. The molecule has 88 valence electrons. The fraction of sp³-hybridized carbons (Fsp3) is 0.917. The summed E-state index contributed by atoms with van der Waals surface area (Å²) >= 11 is 0. The van der Waals surface area contributed by atoms with Gasteiger partial charge in [-0.05, 0) is 19.8 Å². The van der Waals surface area contributed by atoms with Gasteiger partial charge in [-0.25, -0.2) is 0 Å². The minimum atomic E-state index is -0.0661. The normalized spacial score (nSPS) is 23.3. The van der Waals surface area contributed by atoms with Crippen LogP contribution in [0.2, 0.25) is 0 Å². The van der Waals surface area contributed by atoms with Crippen LogP contribution in [0.3, 0.4) is 0 Å². The van der Waals surface area contributed by atoms with E-state index in [4.69, 9.17) is 4.74 Å². The Hall–Kier alpha value is -0.570. The standard InChI is InChI=1S/C12H23NO2/c1-4-5-6-7-10(2)13-9-8-11(13)12(14)15-3/h10-11H,4-9H2,1-3H3. The van der Waals surface area contributed by atoms with E-state index in [1.165, 1.54) is 32.8 Å². The van der Waals surface area contributed by atoms with E-state index in [1.54, 1.807) is 0 Å². The highest BCUT2D eigenvalue weighted by molar-refractivity contribution is 5.76. The van der Waals surface area contributed by atoms with E-state index in [2.05, 4.69) is 18.7 Å². The molecule has 0 aromatic carbocycles. The lowest BCUT2D eigenvalue weighted by Crippen LogP contribution is -2.56. The van der Waals surface area contributed by atoms with E-state index in [0.717, 1.165) is 13.0 Å². The van der Waals surface area contributed by atoms with Gasteiger partial charge in [-0.1, -0.05) is 26.2 Å². The van der Waals surface area contributed by atoms with Gasteiger partial charge in [-0.15, -0.1) is 0 Å². The maximum absolute atomic E-state index is 11.4. The fourth-order valence-corrected chi connectivity index (χ4v) is 2.18. The summed E-state index contributed by atoms with van der Waals surface area (Å²) in [6.07, 6.45) is 5.97. The third-order valence-corrected chi connectivity index (χ3v) is 3.33. The van der Waals surface area contributed by atoms with E-state index in [9.17, 15) is 4.79 Å². The molecular weight excluding hydrogens is 190 g/mol. The van der Waals surface area contributed by atoms with Crippen LogP contribution in [0.15, 0.2) is 0 Å². The van der Waals surface area contributed by atoms with Gasteiger partial charge in [0.2, 0.25) is 0 Å². The molecule has 1 rings (SSSR count). The van der Waals surface area contributed by atoms with Crippen LogP contribution in [-0.2, 0) is 9.53 Å². The summed E-state index contributed by atoms with van der Waals surface area (Å²) in [7, 11) is 1.47. The van der Waals surface area contributed by atoms with Gasteiger partial charge in [0.1, 0.15) is 6.04 Å². The third-order valence-electron chi connectivity index (χ3n) is 3.33. The molecule has 0 spiro atoms. The third kappa shape index (κ3) is 3.20. The summed E-state index contributed by atoms with van der Waals surface area (Å²) in [5.74, 6) is -0.0661. The molecule has 0 bridgehead atoms. The average molecular weight is 213 g/mol. The Bertz CT molecular complexity index is 206. The van der Waals surface area contributed by atoms with Crippen LogP contribution < -0.4 is 0 Å². The molecule has 1 fully saturated rings. The van der Waals surface area contributed by atoms with Gasteiger partial charge in [0.25, 0.3) is 0 Å². The second kappa shape index (κ2) is 6.11. The highest BCUT2D eigenvalue weighted by Crippen LogP contribution is 2.24. The Labute approximate surface area is 92.8 Å². The van der Waals surface area contributed by atoms with E-state index in [0.29, 0.717) is 6.04 Å². The van der Waals surface area contributed by atoms with Crippen LogP contribution in [-0.4, -0.2) is 36.6 Å². The van der Waals surface area contributed by atoms with Crippen molar-refractivity contribution < 1.29 is 9.53 Å². The van der Waals surface area contributed by atoms with Gasteiger partial charge in [0, 0.05) is 12.6 Å². The van der Waals surface area contributed by atoms with Crippen LogP contribution in [0, 0.1) is 0 Å². The number of ether oxygens (including phenoxy) is 1. The summed E-state index contributed by atoms with van der Waals surface area (Å²) < 4.78 is 4.78. The summed E-state index contributed by atoms with van der Waals surface area (Å²) in [6, 6.07) is 0.557. The van der Waals surface area contributed by atoms with Gasteiger partial charge in [0.15, 0.2) is 0 Å². The molecule has 0 aliphatic carbocycles. The van der Waals surface area contributed by atoms with Crippen molar-refractivity contribution >= 4 is 5.97 Å². The van der Waals surface area contributed by atoms with Crippen molar-refractivity contribution in [2.45, 2.75) is 58.0 Å². The van der Waals surface area contributed by atoms with E-state index in [-0.39, 0.29) is 12.0 Å². The van der Waals surface area contributed by atoms with Crippen LogP contribution in [0.1, 0.15) is 46.0 Å². The van der Waals surface area contributed by atoms with Gasteiger partial charge in [-0.2, -0.15) is 0 Å². The second-order valence-corrected chi connectivity index (χ2v) is 4.41. The number of methoxy groups -OCH3 is 1. The number of carbonyl (C=O) groups excluding carboxylic acids is 1. The molecule has 0 saturated carbocycles. The van der Waals surface area contributed by atoms with Crippen molar-refractivity contribution in [3.05, 3.63) is 0 Å². The molecule has 0 amide bonds. The maximum atomic E-state index is 11.4. The monoisotopic (exact) mass is 213 g/mol. The number of hydrogen-bond donors (Lipinski definition) is 0. The Morgan fingerprint density at radius 2 is 2.27 bits per heavy atom. The quantitative estimate of drug-likeness (QED) is 0.500. The van der Waals surface area contributed by atoms with Crippen LogP contribution in [0.5, 0.6) is 0 Å². The zero-order chi connectivity index (χ0) is 11.3. The predicted octanol–water partition coefficient (Wildman–Crippen LogP) is 2.20. The molecule has 1 saturated heterocycles. The topological polar surface area (TPSA) is 29.5 Å². The number of unbranched alkanes of at least 4 members (excludes halogenated alkanes) is 2. The van der Waals surface area contributed by atoms with Crippen LogP contribution >= 0.6 is 0 Å². The molecule has 0 radical (unpaired) electrons. The molecule has 0 aromatic heterocycles. The highest BCUT2D eigenvalue weighted by atomic mass is 16.5. The van der Waals surface area contributed by atoms with Crippen LogP contribution in [0.25, 0.3) is 0 Å². The smallest absolute Gasteiger partial charge is 0.323 e. The Morgan fingerprint density at radius 3 is 2.73 bits per heavy atom. The lowest BCUT2D eigenvalue weighted by atomic mass is 9.97. The summed E-state index contributed by atoms with van der Waals surface area (Å²) in [6.45, 7) is 5.48. The van der Waals surface area contributed by atoms with Crippen molar-refractivity contribution in [2.24, 2.45) is 0 Å². The number of hydrogen-bond acceptors (Lipinski definition) is 3. The fourth-order valence-electron chi connectivity index (χ4n) is 2.18. The van der Waals surface area contributed by atoms with Crippen molar-refractivity contribution in [2.75, 3.05) is 13.7 Å². The zero-order valence-electron chi connectivity index (χ0n) is 10.2. The molecular formula is C12H23NO2. The number of esters is 1. The first-order chi connectivity index (χ1) is 7.20. The van der Waals surface area contributed by atoms with E-state index in [1.807, 2.05) is 0 Å². The van der Waals surface area contributed by atoms with Gasteiger partial charge >= 0.3 is 5.97 Å². The molecule has 1 aliphatic rings. The number of rotatable bonds is 6. The molecule has 3 nitrogen and oxygen atoms in total. The van der Waals surface area contributed by atoms with Gasteiger partial charge in [0.05, 0.1) is 7.11 Å². The van der Waals surface area contributed by atoms with Crippen molar-refractivity contribution in [3.8, 4) is 0 Å². The van der Waals surface area contributed by atoms with Gasteiger partial charge in [-0.3, -0.25) is 9.69 Å². The SMILES string of the molecule is CCCCCC(C)N1CCC1C(=O)OC. The largest absolute Gasteiger partial charge is 0.468 e. The van der Waals surface area contributed by atoms with E-state index >= 15 is 0 Å². The number of likely N-dealkylation sites (tertiary alicyclic amines) is 1. The van der Waals surface area contributed by atoms with Crippen molar-refractivity contribution in [3.63, 3.8) is 0 Å². The molecule has 1 aliphatic heterocycles. The summed E-state index contributed by atoms with van der Waals surface area (Å²) in [4.78, 5) is 13.6. The maximum Gasteiger partial charge on any atom is 0.323 e. The number of nitrogens with zero attached hydrogens (tertiary/aromatic N) is 1. The lowest BCUT2D eigenvalue weighted by Gasteiger charge is -2.43. The Balaban J connectivity index is 2.27. The van der Waals surface area contributed by atoms with Crippen molar-refractivity contribution in [1.29, 1.82) is 0 Å². The molecule has 0 aromatic rings. The molecule has 3 heteroatoms. The highest BCUT2D eigenvalue weighted by Gasteiger charge is 2.37. The first-order valence-electron chi connectivity index (χ1n) is 6.04. The minimum Gasteiger partial charge on any atom is -0.468 e. The molecule has 1 heterocycles. The van der Waals surface area contributed by atoms with E-state index < -0.39 is 0 Å². The van der Waals surface area contributed by atoms with Gasteiger partial charge < -0.3 is 4.74 Å². The lowest BCUT2D eigenvalue weighted by molar-refractivity contribution is -0.153. The summed E-state index contributed by atoms with van der Waals surface area (Å²) in [5.41, 5.74) is 0. The minimum absolute atomic E-state index is 0.0339.